The minimum Gasteiger partial charge on any atom is -0.481 e. The lowest BCUT2D eigenvalue weighted by Gasteiger charge is -2.18. The average molecular weight is 293 g/mol. The van der Waals surface area contributed by atoms with Gasteiger partial charge in [0.1, 0.15) is 17.1 Å². The van der Waals surface area contributed by atoms with E-state index in [1.807, 2.05) is 30.3 Å². The molecule has 0 atom stereocenters. The van der Waals surface area contributed by atoms with Gasteiger partial charge >= 0.3 is 0 Å². The monoisotopic (exact) mass is 293 g/mol. The van der Waals surface area contributed by atoms with Gasteiger partial charge in [-0.3, -0.25) is 9.59 Å². The molecule has 22 heavy (non-hydrogen) atoms. The van der Waals surface area contributed by atoms with E-state index >= 15 is 0 Å². The summed E-state index contributed by atoms with van der Waals surface area (Å²) >= 11 is 0. The molecule has 0 aliphatic carbocycles. The summed E-state index contributed by atoms with van der Waals surface area (Å²) in [5.41, 5.74) is 1.58. The number of benzene rings is 2. The topological polar surface area (TPSA) is 68.5 Å². The molecule has 2 aromatic carbocycles. The Balaban J connectivity index is 1.93. The maximum Gasteiger partial charge on any atom is 0.262 e. The lowest BCUT2D eigenvalue weighted by Crippen LogP contribution is -2.25. The van der Waals surface area contributed by atoms with E-state index in [0.717, 1.165) is 5.56 Å². The molecule has 0 saturated carbocycles. The third-order valence-corrected chi connectivity index (χ3v) is 3.52. The predicted octanol–water partition coefficient (Wildman–Crippen LogP) is 2.79. The van der Waals surface area contributed by atoms with Crippen molar-refractivity contribution in [3.8, 4) is 17.1 Å². The van der Waals surface area contributed by atoms with Gasteiger partial charge in [0.15, 0.2) is 12.0 Å². The Hall–Kier alpha value is -3.08. The van der Waals surface area contributed by atoms with Crippen molar-refractivity contribution in [1.29, 1.82) is 0 Å². The van der Waals surface area contributed by atoms with Gasteiger partial charge in [-0.2, -0.15) is 0 Å². The summed E-state index contributed by atoms with van der Waals surface area (Å²) in [5.74, 6) is 0.760. The van der Waals surface area contributed by atoms with Crippen LogP contribution < -0.4 is 15.5 Å². The molecule has 4 rings (SSSR count). The Bertz CT molecular complexity index is 944. The maximum atomic E-state index is 12.3. The molecule has 5 nitrogen and oxygen atoms in total. The van der Waals surface area contributed by atoms with Crippen LogP contribution in [0.4, 0.5) is 5.69 Å². The van der Waals surface area contributed by atoms with E-state index in [2.05, 4.69) is 5.32 Å². The fourth-order valence-electron chi connectivity index (χ4n) is 2.47. The molecule has 0 unspecified atom stereocenters. The number of nitrogens with one attached hydrogen (secondary N) is 1. The van der Waals surface area contributed by atoms with Crippen molar-refractivity contribution in [1.82, 2.24) is 0 Å². The van der Waals surface area contributed by atoms with Gasteiger partial charge < -0.3 is 14.5 Å². The minimum absolute atomic E-state index is 0.0406. The zero-order valence-electron chi connectivity index (χ0n) is 11.5. The van der Waals surface area contributed by atoms with Gasteiger partial charge in [-0.1, -0.05) is 30.3 Å². The zero-order chi connectivity index (χ0) is 15.1. The Labute approximate surface area is 125 Å². The Morgan fingerprint density at radius 2 is 1.82 bits per heavy atom. The molecule has 1 amide bonds. The van der Waals surface area contributed by atoms with Crippen molar-refractivity contribution < 1.29 is 13.9 Å². The van der Waals surface area contributed by atoms with Crippen molar-refractivity contribution in [3.05, 3.63) is 58.8 Å². The Kier molecular flexibility index (Phi) is 2.72. The third-order valence-electron chi connectivity index (χ3n) is 3.52. The van der Waals surface area contributed by atoms with Gasteiger partial charge in [-0.05, 0) is 6.07 Å². The van der Waals surface area contributed by atoms with Crippen LogP contribution in [0.2, 0.25) is 0 Å². The fourth-order valence-corrected chi connectivity index (χ4v) is 2.47. The third kappa shape index (κ3) is 2.03. The summed E-state index contributed by atoms with van der Waals surface area (Å²) in [4.78, 5) is 23.7. The first-order valence-electron chi connectivity index (χ1n) is 6.81. The number of rotatable bonds is 1. The molecule has 5 heteroatoms. The van der Waals surface area contributed by atoms with Crippen molar-refractivity contribution in [3.63, 3.8) is 0 Å². The number of hydrogen-bond donors (Lipinski definition) is 1. The van der Waals surface area contributed by atoms with E-state index in [1.54, 1.807) is 12.1 Å². The molecule has 3 aromatic rings. The van der Waals surface area contributed by atoms with E-state index < -0.39 is 0 Å². The van der Waals surface area contributed by atoms with Crippen molar-refractivity contribution >= 4 is 22.6 Å². The van der Waals surface area contributed by atoms with E-state index in [0.29, 0.717) is 28.2 Å². The fraction of sp³-hybridized carbons (Fsp3) is 0.0588. The Morgan fingerprint density at radius 1 is 1.00 bits per heavy atom. The smallest absolute Gasteiger partial charge is 0.262 e. The van der Waals surface area contributed by atoms with Gasteiger partial charge in [0.25, 0.3) is 5.91 Å². The van der Waals surface area contributed by atoms with Crippen LogP contribution in [0.3, 0.4) is 0 Å². The SMILES string of the molecule is O=C1COc2cc3oc(-c4ccccc4)cc(=O)c3cc2N1. The summed E-state index contributed by atoms with van der Waals surface area (Å²) in [6, 6.07) is 14.1. The van der Waals surface area contributed by atoms with E-state index in [9.17, 15) is 9.59 Å². The highest BCUT2D eigenvalue weighted by Crippen LogP contribution is 2.33. The van der Waals surface area contributed by atoms with Crippen LogP contribution in [-0.2, 0) is 4.79 Å². The minimum atomic E-state index is -0.239. The number of anilines is 1. The summed E-state index contributed by atoms with van der Waals surface area (Å²) in [6.45, 7) is -0.0406. The molecule has 0 fully saturated rings. The molecule has 1 N–H and O–H groups in total. The second-order valence-electron chi connectivity index (χ2n) is 5.02. The first-order valence-corrected chi connectivity index (χ1v) is 6.81. The van der Waals surface area contributed by atoms with Crippen LogP contribution in [0.1, 0.15) is 0 Å². The number of amides is 1. The van der Waals surface area contributed by atoms with Crippen molar-refractivity contribution in [2.75, 3.05) is 11.9 Å². The zero-order valence-corrected chi connectivity index (χ0v) is 11.5. The molecular formula is C17H11NO4. The molecular weight excluding hydrogens is 282 g/mol. The molecule has 1 aromatic heterocycles. The highest BCUT2D eigenvalue weighted by atomic mass is 16.5. The van der Waals surface area contributed by atoms with Crippen LogP contribution in [-0.4, -0.2) is 12.5 Å². The highest BCUT2D eigenvalue weighted by molar-refractivity contribution is 5.98. The second kappa shape index (κ2) is 4.73. The molecule has 0 radical (unpaired) electrons. The highest BCUT2D eigenvalue weighted by Gasteiger charge is 2.18. The molecule has 1 aliphatic rings. The Morgan fingerprint density at radius 3 is 2.64 bits per heavy atom. The largest absolute Gasteiger partial charge is 0.481 e. The molecule has 0 spiro atoms. The number of ether oxygens (including phenoxy) is 1. The lowest BCUT2D eigenvalue weighted by atomic mass is 10.1. The maximum absolute atomic E-state index is 12.3. The number of carbonyl (C=O) groups is 1. The van der Waals surface area contributed by atoms with Crippen LogP contribution >= 0.6 is 0 Å². The summed E-state index contributed by atoms with van der Waals surface area (Å²) in [6.07, 6.45) is 0. The van der Waals surface area contributed by atoms with Crippen molar-refractivity contribution in [2.24, 2.45) is 0 Å². The summed E-state index contributed by atoms with van der Waals surface area (Å²) in [7, 11) is 0. The van der Waals surface area contributed by atoms with E-state index in [-0.39, 0.29) is 17.9 Å². The first-order chi connectivity index (χ1) is 10.7. The van der Waals surface area contributed by atoms with Crippen LogP contribution in [0.25, 0.3) is 22.3 Å². The predicted molar refractivity (Wildman–Crippen MR) is 82.0 cm³/mol. The van der Waals surface area contributed by atoms with Crippen molar-refractivity contribution in [2.45, 2.75) is 0 Å². The number of fused-ring (bicyclic) bond motifs is 2. The number of hydrogen-bond acceptors (Lipinski definition) is 4. The van der Waals surface area contributed by atoms with Gasteiger partial charge in [-0.15, -0.1) is 0 Å². The van der Waals surface area contributed by atoms with Crippen LogP contribution in [0.5, 0.6) is 5.75 Å². The lowest BCUT2D eigenvalue weighted by molar-refractivity contribution is -0.118. The molecule has 1 aliphatic heterocycles. The van der Waals surface area contributed by atoms with Gasteiger partial charge in [-0.25, -0.2) is 0 Å². The number of carbonyl (C=O) groups excluding carboxylic acids is 1. The van der Waals surface area contributed by atoms with Gasteiger partial charge in [0, 0.05) is 17.7 Å². The van der Waals surface area contributed by atoms with E-state index in [1.165, 1.54) is 6.07 Å². The second-order valence-corrected chi connectivity index (χ2v) is 5.02. The molecule has 0 bridgehead atoms. The van der Waals surface area contributed by atoms with Crippen LogP contribution in [0.15, 0.2) is 57.7 Å². The molecule has 0 saturated heterocycles. The van der Waals surface area contributed by atoms with Gasteiger partial charge in [0.05, 0.1) is 11.1 Å². The molecule has 108 valence electrons. The quantitative estimate of drug-likeness (QED) is 0.749. The summed E-state index contributed by atoms with van der Waals surface area (Å²) in [5, 5.41) is 3.09. The first kappa shape index (κ1) is 12.6. The molecule has 2 heterocycles. The average Bonchev–Trinajstić information content (AvgIpc) is 2.54. The standard InChI is InChI=1S/C17H11NO4/c19-13-7-14(10-4-2-1-3-5-10)22-15-8-16-12(6-11(13)15)18-17(20)9-21-16/h1-8H,9H2,(H,18,20). The van der Waals surface area contributed by atoms with Crippen LogP contribution in [0, 0.1) is 0 Å². The van der Waals surface area contributed by atoms with Gasteiger partial charge in [0.2, 0.25) is 0 Å². The van der Waals surface area contributed by atoms with E-state index in [4.69, 9.17) is 9.15 Å². The normalized spacial score (nSPS) is 13.4. The summed E-state index contributed by atoms with van der Waals surface area (Å²) < 4.78 is 11.2.